The number of benzene rings is 2. The molecule has 129 heavy (non-hydrogen) atoms. The van der Waals surface area contributed by atoms with Crippen LogP contribution < -0.4 is 20.4 Å². The number of amides is 1. The fourth-order valence-electron chi connectivity index (χ4n) is 12.9. The summed E-state index contributed by atoms with van der Waals surface area (Å²) in [6.07, 6.45) is 10.7. The van der Waals surface area contributed by atoms with Gasteiger partial charge in [-0.05, 0) is 102 Å². The lowest BCUT2D eigenvalue weighted by atomic mass is 9.81. The number of hydrogen-bond acceptors (Lipinski definition) is 34. The number of methoxy groups -OCH3 is 1. The number of fused-ring (bicyclic) bond motifs is 2. The zero-order valence-electron chi connectivity index (χ0n) is 78.6. The fraction of sp³-hybridized carbons (Fsp3) is 0.789. The Kier molecular flexibility index (Phi) is 75.2. The first kappa shape index (κ1) is 119. The Morgan fingerprint density at radius 2 is 0.783 bits per heavy atom. The number of unbranched alkanes of at least 4 members (excludes halogenated alkanes) is 4. The summed E-state index contributed by atoms with van der Waals surface area (Å²) in [7, 11) is -3.08. The van der Waals surface area contributed by atoms with E-state index in [4.69, 9.17) is 114 Å². The monoisotopic (exact) mass is 1890 g/mol. The van der Waals surface area contributed by atoms with Crippen molar-refractivity contribution in [3.05, 3.63) is 71.5 Å². The second-order valence-corrected chi connectivity index (χ2v) is 32.3. The molecule has 39 heteroatoms. The number of carboxylic acids is 1. The van der Waals surface area contributed by atoms with E-state index in [1.807, 2.05) is 44.2 Å². The first-order valence-electron chi connectivity index (χ1n) is 45.8. The third-order valence-corrected chi connectivity index (χ3v) is 21.3. The van der Waals surface area contributed by atoms with Gasteiger partial charge in [0.2, 0.25) is 11.6 Å². The SMILES string of the molecule is CC[NH+](CC)CC.COCCOCCOCCOCCOCCOCCOCCOCCOCCOCCOCCOCCOCCOCCOCCOCCOCCOCCOCCOCCOCCOCCOCCOCCNC(=O)CCCCCN1C(=CC=CC2=[N+](CCCCCC(=O)O)c3ccc(SOO[O-])cc3C2(C)C)C(C)(C)c2cc(S(=O)(=O)[O-])ccc21. The van der Waals surface area contributed by atoms with Crippen molar-refractivity contribution in [2.75, 3.05) is 362 Å². The van der Waals surface area contributed by atoms with Crippen LogP contribution in [0.5, 0.6) is 0 Å². The topological polar surface area (TPSA) is 397 Å². The fourth-order valence-corrected chi connectivity index (χ4v) is 13.8. The van der Waals surface area contributed by atoms with E-state index in [0.29, 0.717) is 360 Å². The molecule has 2 aromatic carbocycles. The second-order valence-electron chi connectivity index (χ2n) is 30.1. The normalized spacial score (nSPS) is 13.9. The van der Waals surface area contributed by atoms with Crippen molar-refractivity contribution >= 4 is 51.1 Å². The third-order valence-electron chi connectivity index (χ3n) is 19.9. The number of carbonyl (C=O) groups excluding carboxylic acids is 1. The van der Waals surface area contributed by atoms with Crippen molar-refractivity contribution in [3.63, 3.8) is 0 Å². The standard InChI is InChI=1S/C84H143N3O33S2.C6H15N/c1-83(2)75-71-73(121-120-119-91)17-19-77(75)86(23-11-7-9-16-82(89)90)79(83)13-12-14-80-84(3,4)76-72-74(122(92,93)94)18-20-78(76)87(80)22-10-6-8-15-81(88)85-21-24-96-27-28-98-31-32-100-35-36-102-39-40-104-43-44-106-47-48-108-51-52-110-55-56-112-59-60-114-63-64-116-67-68-118-70-69-117-66-65-115-62-61-113-58-57-111-54-53-109-50-49-107-46-45-105-42-41-103-38-37-101-34-33-99-30-29-97-26-25-95-5;1-4-7(5-2)6-3/h12-14,17-20,71-72H,6-11,15-16,21-70H2,1-5H3,(H3-,85,88,89,90,91,92,93,94);4-6H2,1-3H3. The number of nitrogens with one attached hydrogen (secondary N) is 2. The number of nitrogens with zero attached hydrogens (tertiary/aromatic N) is 2. The maximum absolute atomic E-state index is 12.8. The van der Waals surface area contributed by atoms with Crippen molar-refractivity contribution in [2.24, 2.45) is 0 Å². The molecule has 1 amide bonds. The molecule has 0 saturated carbocycles. The lowest BCUT2D eigenvalue weighted by molar-refractivity contribution is -0.894. The zero-order chi connectivity index (χ0) is 93.3. The van der Waals surface area contributed by atoms with Crippen LogP contribution in [0, 0.1) is 0 Å². The summed E-state index contributed by atoms with van der Waals surface area (Å²) in [5.74, 6) is -0.899. The lowest BCUT2D eigenvalue weighted by Gasteiger charge is -2.27. The molecule has 0 unspecified atom stereocenters. The number of hydrogen-bond donors (Lipinski definition) is 3. The highest BCUT2D eigenvalue weighted by atomic mass is 32.2. The number of ether oxygens (including phenoxy) is 24. The molecule has 2 aliphatic heterocycles. The van der Waals surface area contributed by atoms with E-state index in [0.717, 1.165) is 66.1 Å². The molecule has 0 radical (unpaired) electrons. The average Bonchev–Trinajstić information content (AvgIpc) is 1.59. The quantitative estimate of drug-likeness (QED) is 0.0178. The van der Waals surface area contributed by atoms with Crippen molar-refractivity contribution in [1.29, 1.82) is 0 Å². The average molecular weight is 1890 g/mol. The Bertz CT molecular complexity index is 3230. The predicted octanol–water partition coefficient (Wildman–Crippen LogP) is 5.72. The highest BCUT2D eigenvalue weighted by Gasteiger charge is 2.45. The molecule has 0 aliphatic carbocycles. The number of allylic oxidation sites excluding steroid dienone is 4. The van der Waals surface area contributed by atoms with Gasteiger partial charge >= 0.3 is 5.97 Å². The van der Waals surface area contributed by atoms with Gasteiger partial charge in [0.15, 0.2) is 5.71 Å². The van der Waals surface area contributed by atoms with Crippen LogP contribution >= 0.6 is 12.0 Å². The molecule has 2 aromatic rings. The number of quaternary nitrogens is 1. The minimum Gasteiger partial charge on any atom is -0.744 e. The van der Waals surface area contributed by atoms with Gasteiger partial charge in [0.05, 0.1) is 353 Å². The molecule has 2 heterocycles. The molecule has 0 bridgehead atoms. The van der Waals surface area contributed by atoms with Crippen LogP contribution in [0.25, 0.3) is 0 Å². The van der Waals surface area contributed by atoms with Gasteiger partial charge in [-0.2, -0.15) is 8.91 Å². The van der Waals surface area contributed by atoms with Crippen molar-refractivity contribution < 1.29 is 165 Å². The van der Waals surface area contributed by atoms with E-state index in [9.17, 15) is 32.9 Å². The molecule has 0 spiro atoms. The molecule has 0 fully saturated rings. The molecule has 748 valence electrons. The molecule has 0 saturated heterocycles. The number of aliphatic carboxylic acids is 1. The highest BCUT2D eigenvalue weighted by Crippen LogP contribution is 2.49. The van der Waals surface area contributed by atoms with Crippen LogP contribution in [0.4, 0.5) is 11.4 Å². The highest BCUT2D eigenvalue weighted by molar-refractivity contribution is 7.94. The van der Waals surface area contributed by atoms with E-state index >= 15 is 0 Å². The largest absolute Gasteiger partial charge is 0.744 e. The molecule has 0 atom stereocenters. The van der Waals surface area contributed by atoms with Gasteiger partial charge in [-0.1, -0.05) is 26.3 Å². The van der Waals surface area contributed by atoms with Gasteiger partial charge in [-0.25, -0.2) is 8.42 Å². The van der Waals surface area contributed by atoms with Crippen LogP contribution in [0.1, 0.15) is 111 Å². The molecule has 2 aliphatic rings. The van der Waals surface area contributed by atoms with Crippen LogP contribution in [0.3, 0.4) is 0 Å². The first-order chi connectivity index (χ1) is 63.0. The summed E-state index contributed by atoms with van der Waals surface area (Å²) in [5.41, 5.74) is 4.24. The van der Waals surface area contributed by atoms with E-state index in [1.54, 1.807) is 18.1 Å². The van der Waals surface area contributed by atoms with E-state index in [2.05, 4.69) is 64.9 Å². The van der Waals surface area contributed by atoms with E-state index in [-0.39, 0.29) is 17.2 Å². The smallest absolute Gasteiger partial charge is 0.303 e. The Morgan fingerprint density at radius 3 is 1.11 bits per heavy atom. The second kappa shape index (κ2) is 81.8. The van der Waals surface area contributed by atoms with Crippen molar-refractivity contribution in [3.8, 4) is 0 Å². The molecule has 0 aromatic heterocycles. The summed E-state index contributed by atoms with van der Waals surface area (Å²) < 4.78 is 176. The van der Waals surface area contributed by atoms with Gasteiger partial charge in [0, 0.05) is 78.9 Å². The summed E-state index contributed by atoms with van der Waals surface area (Å²) in [4.78, 5) is 28.2. The Morgan fingerprint density at radius 1 is 0.442 bits per heavy atom. The minimum atomic E-state index is -4.72. The first-order valence-corrected chi connectivity index (χ1v) is 47.9. The number of carboxylic acid groups (broad SMARTS) is 1. The summed E-state index contributed by atoms with van der Waals surface area (Å²) in [6.45, 7) is 42.3. The van der Waals surface area contributed by atoms with Crippen LogP contribution in [0.15, 0.2) is 70.1 Å². The molecular weight excluding hydrogens is 1730 g/mol. The molecule has 37 nitrogen and oxygen atoms in total. The molecule has 4 rings (SSSR count). The minimum absolute atomic E-state index is 0.0730. The van der Waals surface area contributed by atoms with Crippen molar-refractivity contribution in [1.82, 2.24) is 5.32 Å². The van der Waals surface area contributed by atoms with Crippen LogP contribution in [-0.2, 0) is 154 Å². The zero-order valence-corrected chi connectivity index (χ0v) is 80.2. The summed E-state index contributed by atoms with van der Waals surface area (Å²) >= 11 is 0.820. The Labute approximate surface area is 771 Å². The van der Waals surface area contributed by atoms with Gasteiger partial charge in [0.1, 0.15) is 16.7 Å². The van der Waals surface area contributed by atoms with Gasteiger partial charge in [-0.3, -0.25) is 14.6 Å². The van der Waals surface area contributed by atoms with Gasteiger partial charge in [-0.15, -0.1) is 0 Å². The number of rotatable bonds is 93. The summed E-state index contributed by atoms with van der Waals surface area (Å²) in [6, 6.07) is 10.3. The third kappa shape index (κ3) is 60.5. The lowest BCUT2D eigenvalue weighted by Crippen LogP contribution is -3.11. The predicted molar refractivity (Wildman–Crippen MR) is 480 cm³/mol. The van der Waals surface area contributed by atoms with E-state index in [1.165, 1.54) is 31.8 Å². The van der Waals surface area contributed by atoms with E-state index < -0.39 is 26.9 Å². The maximum Gasteiger partial charge on any atom is 0.303 e. The van der Waals surface area contributed by atoms with Crippen LogP contribution in [-0.4, -0.2) is 397 Å². The summed E-state index contributed by atoms with van der Waals surface area (Å²) in [5, 5.41) is 26.4. The van der Waals surface area contributed by atoms with Gasteiger partial charge in [0.25, 0.3) is 0 Å². The molecule has 3 N–H and O–H groups in total. The number of anilines is 1. The molecular formula is C90H158N4O33S2. The Hall–Kier alpha value is -4.53. The maximum atomic E-state index is 12.8. The number of carbonyl (C=O) groups is 2. The van der Waals surface area contributed by atoms with Crippen LogP contribution in [0.2, 0.25) is 0 Å². The van der Waals surface area contributed by atoms with Crippen molar-refractivity contribution in [2.45, 2.75) is 120 Å². The van der Waals surface area contributed by atoms with Gasteiger partial charge < -0.3 is 144 Å². The Balaban J connectivity index is 0.00000586.